The summed E-state index contributed by atoms with van der Waals surface area (Å²) in [5.74, 6) is 0.291. The van der Waals surface area contributed by atoms with Gasteiger partial charge in [-0.2, -0.15) is 0 Å². The van der Waals surface area contributed by atoms with Crippen LogP contribution in [-0.4, -0.2) is 15.9 Å². The number of rotatable bonds is 1. The molecule has 0 saturated heterocycles. The van der Waals surface area contributed by atoms with Crippen molar-refractivity contribution in [1.82, 2.24) is 9.71 Å². The minimum Gasteiger partial charge on any atom is -0.506 e. The summed E-state index contributed by atoms with van der Waals surface area (Å²) in [7, 11) is 0. The molecule has 0 saturated carbocycles. The first kappa shape index (κ1) is 13.0. The van der Waals surface area contributed by atoms with Crippen molar-refractivity contribution in [2.75, 3.05) is 0 Å². The number of H-pyrrole nitrogens is 1. The Morgan fingerprint density at radius 1 is 1.05 bits per heavy atom. The van der Waals surface area contributed by atoms with E-state index in [0.717, 1.165) is 10.6 Å². The number of aromatic hydroxyl groups is 1. The second-order valence-electron chi connectivity index (χ2n) is 4.86. The van der Waals surface area contributed by atoms with Gasteiger partial charge in [0, 0.05) is 5.39 Å². The van der Waals surface area contributed by atoms with Crippen LogP contribution in [-0.2, 0) is 0 Å². The molecule has 6 heteroatoms. The van der Waals surface area contributed by atoms with Gasteiger partial charge in [-0.05, 0) is 36.2 Å². The van der Waals surface area contributed by atoms with Crippen LogP contribution in [0, 0.1) is 0 Å². The summed E-state index contributed by atoms with van der Waals surface area (Å²) in [5.41, 5.74) is 1.15. The van der Waals surface area contributed by atoms with Gasteiger partial charge in [-0.15, -0.1) is 0 Å². The molecule has 3 aromatic rings. The van der Waals surface area contributed by atoms with Gasteiger partial charge in [-0.3, -0.25) is 4.79 Å². The van der Waals surface area contributed by atoms with Crippen LogP contribution in [0.5, 0.6) is 5.75 Å². The van der Waals surface area contributed by atoms with Gasteiger partial charge >= 0.3 is 0 Å². The fraction of sp³-hybridized carbons (Fsp3) is 0. The van der Waals surface area contributed by atoms with E-state index in [-0.39, 0.29) is 16.9 Å². The lowest BCUT2D eigenvalue weighted by molar-refractivity contribution is 0.479. The molecule has 0 bridgehead atoms. The highest BCUT2D eigenvalue weighted by Gasteiger charge is 2.21. The molecule has 1 aromatic heterocycles. The lowest BCUT2D eigenvalue weighted by Gasteiger charge is -2.17. The molecule has 3 N–H and O–H groups in total. The lowest BCUT2D eigenvalue weighted by atomic mass is 10.1. The number of aromatic amines is 1. The van der Waals surface area contributed by atoms with E-state index in [9.17, 15) is 9.90 Å². The van der Waals surface area contributed by atoms with Gasteiger partial charge in [-0.1, -0.05) is 24.3 Å². The number of nitrogens with one attached hydrogen (secondary N) is 2. The average molecular weight is 309 g/mol. The van der Waals surface area contributed by atoms with Crippen LogP contribution >= 0.6 is 11.9 Å². The number of nitrogens with zero attached hydrogens (tertiary/aromatic N) is 1. The summed E-state index contributed by atoms with van der Waals surface area (Å²) >= 11 is 1.37. The summed E-state index contributed by atoms with van der Waals surface area (Å²) in [5, 5.41) is 11.1. The summed E-state index contributed by atoms with van der Waals surface area (Å²) in [6.45, 7) is 0. The zero-order chi connectivity index (χ0) is 15.1. The second-order valence-corrected chi connectivity index (χ2v) is 5.70. The third-order valence-corrected chi connectivity index (χ3v) is 4.35. The van der Waals surface area contributed by atoms with Gasteiger partial charge in [0.15, 0.2) is 5.84 Å². The maximum atomic E-state index is 12.3. The van der Waals surface area contributed by atoms with Gasteiger partial charge < -0.3 is 14.8 Å². The SMILES string of the molecule is O=c1[nH]c2ccccc2c(O)c1C1=Nc2ccccc2SN1. The number of pyridine rings is 1. The largest absolute Gasteiger partial charge is 0.506 e. The molecule has 0 aliphatic carbocycles. The summed E-state index contributed by atoms with van der Waals surface area (Å²) in [4.78, 5) is 20.5. The third kappa shape index (κ3) is 1.96. The Bertz CT molecular complexity index is 979. The molecule has 0 unspecified atom stereocenters. The van der Waals surface area contributed by atoms with Crippen molar-refractivity contribution >= 4 is 34.4 Å². The maximum Gasteiger partial charge on any atom is 0.263 e. The number of amidine groups is 1. The maximum absolute atomic E-state index is 12.3. The van der Waals surface area contributed by atoms with Crippen molar-refractivity contribution < 1.29 is 5.11 Å². The zero-order valence-electron chi connectivity index (χ0n) is 11.3. The molecule has 0 spiro atoms. The molecule has 22 heavy (non-hydrogen) atoms. The monoisotopic (exact) mass is 309 g/mol. The lowest BCUT2D eigenvalue weighted by Crippen LogP contribution is -2.27. The molecule has 2 heterocycles. The van der Waals surface area contributed by atoms with E-state index < -0.39 is 0 Å². The first-order valence-electron chi connectivity index (χ1n) is 6.69. The van der Waals surface area contributed by atoms with E-state index >= 15 is 0 Å². The second kappa shape index (κ2) is 4.92. The zero-order valence-corrected chi connectivity index (χ0v) is 12.1. The predicted octanol–water partition coefficient (Wildman–Crippen LogP) is 2.92. The Balaban J connectivity index is 1.96. The normalized spacial score (nSPS) is 13.4. The minimum absolute atomic E-state index is 0.0643. The molecule has 0 fully saturated rings. The van der Waals surface area contributed by atoms with Crippen LogP contribution < -0.4 is 10.3 Å². The topological polar surface area (TPSA) is 77.5 Å². The minimum atomic E-state index is -0.373. The highest BCUT2D eigenvalue weighted by molar-refractivity contribution is 7.98. The third-order valence-electron chi connectivity index (χ3n) is 3.49. The number of aromatic nitrogens is 1. The van der Waals surface area contributed by atoms with Crippen LogP contribution in [0.1, 0.15) is 5.56 Å². The fourth-order valence-electron chi connectivity index (χ4n) is 2.43. The van der Waals surface area contributed by atoms with Crippen molar-refractivity contribution in [3.63, 3.8) is 0 Å². The molecule has 0 amide bonds. The summed E-state index contributed by atoms with van der Waals surface area (Å²) in [6, 6.07) is 14.7. The van der Waals surface area contributed by atoms with Gasteiger partial charge in [-0.25, -0.2) is 4.99 Å². The number of aliphatic imine (C=N–C) groups is 1. The molecule has 108 valence electrons. The molecule has 0 atom stereocenters. The smallest absolute Gasteiger partial charge is 0.263 e. The summed E-state index contributed by atoms with van der Waals surface area (Å²) < 4.78 is 3.02. The van der Waals surface area contributed by atoms with Crippen LogP contribution in [0.25, 0.3) is 10.9 Å². The Hall–Kier alpha value is -2.73. The van der Waals surface area contributed by atoms with E-state index in [1.54, 1.807) is 18.2 Å². The predicted molar refractivity (Wildman–Crippen MR) is 87.9 cm³/mol. The number of hydrogen-bond acceptors (Lipinski definition) is 5. The van der Waals surface area contributed by atoms with Crippen LogP contribution in [0.4, 0.5) is 5.69 Å². The van der Waals surface area contributed by atoms with Crippen LogP contribution in [0.2, 0.25) is 0 Å². The standard InChI is InChI=1S/C16H11N3O2S/c20-14-9-5-1-2-6-10(9)18-16(21)13(14)15-17-11-7-3-4-8-12(11)22-19-15/h1-8H,(H,17,19)(H2,18,20,21). The number of benzene rings is 2. The molecule has 4 rings (SSSR count). The van der Waals surface area contributed by atoms with E-state index in [4.69, 9.17) is 0 Å². The number of fused-ring (bicyclic) bond motifs is 2. The Morgan fingerprint density at radius 3 is 2.73 bits per heavy atom. The van der Waals surface area contributed by atoms with E-state index in [1.165, 1.54) is 11.9 Å². The van der Waals surface area contributed by atoms with Gasteiger partial charge in [0.05, 0.1) is 16.1 Å². The molecule has 1 aliphatic heterocycles. The van der Waals surface area contributed by atoms with Gasteiger partial charge in [0.1, 0.15) is 11.3 Å². The van der Waals surface area contributed by atoms with E-state index in [1.807, 2.05) is 30.3 Å². The molecular weight excluding hydrogens is 298 g/mol. The average Bonchev–Trinajstić information content (AvgIpc) is 2.55. The van der Waals surface area contributed by atoms with Crippen LogP contribution in [0.15, 0.2) is 63.2 Å². The van der Waals surface area contributed by atoms with Gasteiger partial charge in [0.2, 0.25) is 0 Å². The van der Waals surface area contributed by atoms with Crippen LogP contribution in [0.3, 0.4) is 0 Å². The van der Waals surface area contributed by atoms with Crippen molar-refractivity contribution in [1.29, 1.82) is 0 Å². The van der Waals surface area contributed by atoms with Gasteiger partial charge in [0.25, 0.3) is 5.56 Å². The quantitative estimate of drug-likeness (QED) is 0.604. The highest BCUT2D eigenvalue weighted by Crippen LogP contribution is 2.33. The molecular formula is C16H11N3O2S. The fourth-order valence-corrected chi connectivity index (χ4v) is 3.15. The van der Waals surface area contributed by atoms with Crippen molar-refractivity contribution in [3.05, 3.63) is 64.4 Å². The van der Waals surface area contributed by atoms with E-state index in [2.05, 4.69) is 14.7 Å². The Labute approximate surface area is 129 Å². The van der Waals surface area contributed by atoms with E-state index in [0.29, 0.717) is 16.7 Å². The first-order valence-corrected chi connectivity index (χ1v) is 7.50. The van der Waals surface area contributed by atoms with Crippen molar-refractivity contribution in [2.24, 2.45) is 4.99 Å². The molecule has 0 radical (unpaired) electrons. The molecule has 5 nitrogen and oxygen atoms in total. The molecule has 1 aliphatic rings. The number of hydrogen-bond donors (Lipinski definition) is 3. The van der Waals surface area contributed by atoms with Crippen molar-refractivity contribution in [2.45, 2.75) is 4.90 Å². The highest BCUT2D eigenvalue weighted by atomic mass is 32.2. The summed E-state index contributed by atoms with van der Waals surface area (Å²) in [6.07, 6.45) is 0. The first-order chi connectivity index (χ1) is 10.7. The number of para-hydroxylation sites is 2. The Kier molecular flexibility index (Phi) is 2.90. The Morgan fingerprint density at radius 2 is 1.82 bits per heavy atom. The van der Waals surface area contributed by atoms with Crippen molar-refractivity contribution in [3.8, 4) is 5.75 Å². The molecule has 2 aromatic carbocycles.